The predicted molar refractivity (Wildman–Crippen MR) is 57.4 cm³/mol. The first-order valence-corrected chi connectivity index (χ1v) is 4.84. The van der Waals surface area contributed by atoms with Crippen LogP contribution in [0.5, 0.6) is 0 Å². The Morgan fingerprint density at radius 1 is 1.24 bits per heavy atom. The highest BCUT2D eigenvalue weighted by Crippen LogP contribution is 2.18. The Labute approximate surface area is 97.3 Å². The number of hydrogen-bond acceptors (Lipinski definition) is 5. The van der Waals surface area contributed by atoms with Crippen molar-refractivity contribution in [1.29, 1.82) is 0 Å². The molecule has 0 aromatic heterocycles. The Morgan fingerprint density at radius 3 is 2.00 bits per heavy atom. The molecule has 1 aliphatic heterocycles. The minimum absolute atomic E-state index is 0.356. The number of primary amides is 1. The summed E-state index contributed by atoms with van der Waals surface area (Å²) in [5.74, 6) is -1.10. The van der Waals surface area contributed by atoms with E-state index in [1.165, 1.54) is 0 Å². The summed E-state index contributed by atoms with van der Waals surface area (Å²) in [5, 5.41) is 0. The second-order valence-electron chi connectivity index (χ2n) is 2.97. The fourth-order valence-electron chi connectivity index (χ4n) is 1.18. The highest BCUT2D eigenvalue weighted by Gasteiger charge is 2.28. The van der Waals surface area contributed by atoms with E-state index >= 15 is 0 Å². The minimum Gasteiger partial charge on any atom is -0.450 e. The smallest absolute Gasteiger partial charge is 0.404 e. The van der Waals surface area contributed by atoms with Crippen LogP contribution in [-0.4, -0.2) is 24.6 Å². The van der Waals surface area contributed by atoms with Gasteiger partial charge in [-0.2, -0.15) is 0 Å². The molecule has 2 rings (SSSR count). The lowest BCUT2D eigenvalue weighted by Gasteiger charge is -1.89. The summed E-state index contributed by atoms with van der Waals surface area (Å²) < 4.78 is 8.53. The van der Waals surface area contributed by atoms with Gasteiger partial charge in [0.1, 0.15) is 0 Å². The largest absolute Gasteiger partial charge is 0.450 e. The van der Waals surface area contributed by atoms with Gasteiger partial charge in [0, 0.05) is 0 Å². The molecule has 0 atom stereocenters. The summed E-state index contributed by atoms with van der Waals surface area (Å²) in [6.45, 7) is 2.06. The number of esters is 2. The SMILES string of the molecule is CCOC(N)=O.O=C1OC(=O)c2ccccc21. The van der Waals surface area contributed by atoms with E-state index in [2.05, 4.69) is 15.2 Å². The summed E-state index contributed by atoms with van der Waals surface area (Å²) in [7, 11) is 0. The van der Waals surface area contributed by atoms with Crippen LogP contribution >= 0.6 is 0 Å². The minimum atomic E-state index is -0.711. The number of carbonyl (C=O) groups excluding carboxylic acids is 3. The van der Waals surface area contributed by atoms with E-state index < -0.39 is 18.0 Å². The van der Waals surface area contributed by atoms with Crippen molar-refractivity contribution in [2.45, 2.75) is 6.92 Å². The van der Waals surface area contributed by atoms with Gasteiger partial charge in [-0.1, -0.05) is 12.1 Å². The van der Waals surface area contributed by atoms with Crippen LogP contribution in [0.4, 0.5) is 4.79 Å². The van der Waals surface area contributed by atoms with Gasteiger partial charge in [-0.05, 0) is 19.1 Å². The van der Waals surface area contributed by atoms with Crippen LogP contribution in [0.2, 0.25) is 0 Å². The van der Waals surface area contributed by atoms with E-state index in [4.69, 9.17) is 0 Å². The number of carbonyl (C=O) groups is 3. The van der Waals surface area contributed by atoms with Gasteiger partial charge in [0.15, 0.2) is 0 Å². The molecule has 0 saturated heterocycles. The Bertz CT molecular complexity index is 422. The Hall–Kier alpha value is -2.37. The number of benzene rings is 1. The summed E-state index contributed by atoms with van der Waals surface area (Å²) >= 11 is 0. The van der Waals surface area contributed by atoms with Crippen molar-refractivity contribution >= 4 is 18.0 Å². The zero-order valence-corrected chi connectivity index (χ0v) is 9.14. The molecule has 1 amide bonds. The van der Waals surface area contributed by atoms with Crippen LogP contribution in [0.1, 0.15) is 27.6 Å². The van der Waals surface area contributed by atoms with Crippen LogP contribution in [-0.2, 0) is 9.47 Å². The molecule has 1 aromatic rings. The van der Waals surface area contributed by atoms with E-state index in [-0.39, 0.29) is 0 Å². The molecule has 0 saturated carbocycles. The quantitative estimate of drug-likeness (QED) is 0.582. The highest BCUT2D eigenvalue weighted by molar-refractivity contribution is 6.14. The van der Waals surface area contributed by atoms with Crippen molar-refractivity contribution in [3.63, 3.8) is 0 Å². The summed E-state index contributed by atoms with van der Waals surface area (Å²) in [5.41, 5.74) is 5.26. The Morgan fingerprint density at radius 2 is 1.71 bits per heavy atom. The third-order valence-corrected chi connectivity index (χ3v) is 1.84. The molecule has 0 radical (unpaired) electrons. The molecule has 2 N–H and O–H groups in total. The summed E-state index contributed by atoms with van der Waals surface area (Å²) in [6, 6.07) is 6.53. The molecule has 90 valence electrons. The molecule has 1 aromatic carbocycles. The third-order valence-electron chi connectivity index (χ3n) is 1.84. The Balaban J connectivity index is 0.000000209. The number of cyclic esters (lactones) is 2. The maximum atomic E-state index is 10.8. The van der Waals surface area contributed by atoms with E-state index in [0.29, 0.717) is 17.7 Å². The molecule has 0 unspecified atom stereocenters. The van der Waals surface area contributed by atoms with Crippen molar-refractivity contribution in [3.05, 3.63) is 35.4 Å². The van der Waals surface area contributed by atoms with Gasteiger partial charge in [0.2, 0.25) is 0 Å². The zero-order valence-electron chi connectivity index (χ0n) is 9.14. The molecule has 0 aliphatic carbocycles. The third kappa shape index (κ3) is 3.30. The maximum Gasteiger partial charge on any atom is 0.404 e. The van der Waals surface area contributed by atoms with Crippen molar-refractivity contribution in [3.8, 4) is 0 Å². The van der Waals surface area contributed by atoms with E-state index in [9.17, 15) is 14.4 Å². The maximum absolute atomic E-state index is 10.8. The fraction of sp³-hybridized carbons (Fsp3) is 0.182. The van der Waals surface area contributed by atoms with Crippen molar-refractivity contribution in [1.82, 2.24) is 0 Å². The number of nitrogens with two attached hydrogens (primary N) is 1. The van der Waals surface area contributed by atoms with Gasteiger partial charge >= 0.3 is 18.0 Å². The van der Waals surface area contributed by atoms with Gasteiger partial charge in [0.25, 0.3) is 0 Å². The predicted octanol–water partition coefficient (Wildman–Crippen LogP) is 1.10. The molecule has 0 spiro atoms. The average Bonchev–Trinajstić information content (AvgIpc) is 2.56. The first kappa shape index (κ1) is 12.7. The number of hydrogen-bond donors (Lipinski definition) is 1. The van der Waals surface area contributed by atoms with Gasteiger partial charge in [0.05, 0.1) is 17.7 Å². The summed E-state index contributed by atoms with van der Waals surface area (Å²) in [6.07, 6.45) is -0.711. The second kappa shape index (κ2) is 5.64. The van der Waals surface area contributed by atoms with Gasteiger partial charge < -0.3 is 15.2 Å². The molecular formula is C11H11NO5. The second-order valence-corrected chi connectivity index (χ2v) is 2.97. The van der Waals surface area contributed by atoms with Crippen LogP contribution in [0.15, 0.2) is 24.3 Å². The molecule has 1 aliphatic rings. The molecule has 6 nitrogen and oxygen atoms in total. The molecular weight excluding hydrogens is 226 g/mol. The standard InChI is InChI=1S/C8H4O3.C3H7NO2/c9-7-5-3-1-2-4-6(5)8(10)11-7;1-2-6-3(4)5/h1-4H;2H2,1H3,(H2,4,5). The van der Waals surface area contributed by atoms with Crippen LogP contribution in [0.3, 0.4) is 0 Å². The number of fused-ring (bicyclic) bond motifs is 1. The Kier molecular flexibility index (Phi) is 4.21. The molecule has 1 heterocycles. The lowest BCUT2D eigenvalue weighted by Crippen LogP contribution is -2.11. The molecule has 0 bridgehead atoms. The lowest BCUT2D eigenvalue weighted by molar-refractivity contribution is 0.0443. The molecule has 0 fully saturated rings. The van der Waals surface area contributed by atoms with E-state index in [0.717, 1.165) is 0 Å². The number of ether oxygens (including phenoxy) is 2. The monoisotopic (exact) mass is 237 g/mol. The van der Waals surface area contributed by atoms with Crippen LogP contribution in [0.25, 0.3) is 0 Å². The highest BCUT2D eigenvalue weighted by atomic mass is 16.6. The zero-order chi connectivity index (χ0) is 12.8. The topological polar surface area (TPSA) is 95.7 Å². The normalized spacial score (nSPS) is 12.1. The van der Waals surface area contributed by atoms with Gasteiger partial charge in [-0.25, -0.2) is 14.4 Å². The number of rotatable bonds is 1. The van der Waals surface area contributed by atoms with Crippen molar-refractivity contribution in [2.75, 3.05) is 6.61 Å². The molecule has 6 heteroatoms. The van der Waals surface area contributed by atoms with Gasteiger partial charge in [-0.15, -0.1) is 0 Å². The van der Waals surface area contributed by atoms with Gasteiger partial charge in [-0.3, -0.25) is 0 Å². The summed E-state index contributed by atoms with van der Waals surface area (Å²) in [4.78, 5) is 31.3. The average molecular weight is 237 g/mol. The van der Waals surface area contributed by atoms with Crippen molar-refractivity contribution < 1.29 is 23.9 Å². The number of amides is 1. The first-order chi connectivity index (χ1) is 8.06. The molecule has 17 heavy (non-hydrogen) atoms. The van der Waals surface area contributed by atoms with E-state index in [1.807, 2.05) is 0 Å². The van der Waals surface area contributed by atoms with Crippen molar-refractivity contribution in [2.24, 2.45) is 5.73 Å². The fourth-order valence-corrected chi connectivity index (χ4v) is 1.18. The van der Waals surface area contributed by atoms with Crippen LogP contribution < -0.4 is 5.73 Å². The lowest BCUT2D eigenvalue weighted by atomic mass is 10.1. The first-order valence-electron chi connectivity index (χ1n) is 4.84. The van der Waals surface area contributed by atoms with Crippen LogP contribution in [0, 0.1) is 0 Å². The van der Waals surface area contributed by atoms with E-state index in [1.54, 1.807) is 31.2 Å².